The van der Waals surface area contributed by atoms with Crippen LogP contribution in [0.3, 0.4) is 0 Å². The van der Waals surface area contributed by atoms with Crippen molar-refractivity contribution in [3.63, 3.8) is 0 Å². The first-order valence-electron chi connectivity index (χ1n) is 10.5. The van der Waals surface area contributed by atoms with Crippen LogP contribution in [0.4, 0.5) is 4.39 Å². The van der Waals surface area contributed by atoms with Crippen molar-refractivity contribution in [3.05, 3.63) is 89.0 Å². The fourth-order valence-electron chi connectivity index (χ4n) is 4.32. The van der Waals surface area contributed by atoms with Crippen molar-refractivity contribution in [2.45, 2.75) is 38.8 Å². The second-order valence-corrected chi connectivity index (χ2v) is 7.88. The van der Waals surface area contributed by atoms with E-state index in [9.17, 15) is 4.39 Å². The van der Waals surface area contributed by atoms with Crippen LogP contribution in [0.15, 0.2) is 72.3 Å². The predicted octanol–water partition coefficient (Wildman–Crippen LogP) is 5.57. The molecule has 0 unspecified atom stereocenters. The van der Waals surface area contributed by atoms with Crippen molar-refractivity contribution in [2.24, 2.45) is 0 Å². The molecule has 2 heterocycles. The SMILES string of the molecule is C/C=C(NO)/C(F)=C/c1ccc(CN2CCC[C@@H]2Cc2c[nH]c3ccccc23)cc1. The molecule has 4 nitrogen and oxygen atoms in total. The normalized spacial score (nSPS) is 18.3. The smallest absolute Gasteiger partial charge is 0.148 e. The number of hydroxylamine groups is 1. The van der Waals surface area contributed by atoms with Gasteiger partial charge in [-0.15, -0.1) is 0 Å². The quantitative estimate of drug-likeness (QED) is 0.356. The summed E-state index contributed by atoms with van der Waals surface area (Å²) in [6.07, 6.45) is 8.54. The standard InChI is InChI=1S/C25H28FN3O/c1-2-24(28-30)23(26)14-18-9-11-19(12-10-18)17-29-13-5-6-21(29)15-20-16-27-25-8-4-3-7-22(20)25/h2-4,7-12,14,16,21,27-28,30H,5-6,13,15,17H2,1H3/b23-14-,24-2-/t21-/m1/s1. The van der Waals surface area contributed by atoms with Crippen LogP contribution < -0.4 is 5.48 Å². The van der Waals surface area contributed by atoms with E-state index in [0.29, 0.717) is 6.04 Å². The Kier molecular flexibility index (Phi) is 6.31. The molecule has 156 valence electrons. The van der Waals surface area contributed by atoms with Gasteiger partial charge in [0.05, 0.1) is 5.70 Å². The van der Waals surface area contributed by atoms with Gasteiger partial charge in [0.15, 0.2) is 0 Å². The summed E-state index contributed by atoms with van der Waals surface area (Å²) in [7, 11) is 0. The number of halogens is 1. The van der Waals surface area contributed by atoms with E-state index < -0.39 is 5.83 Å². The zero-order chi connectivity index (χ0) is 20.9. The summed E-state index contributed by atoms with van der Waals surface area (Å²) < 4.78 is 14.1. The van der Waals surface area contributed by atoms with E-state index in [1.54, 1.807) is 6.92 Å². The molecule has 1 atom stereocenters. The Hall–Kier alpha value is -2.89. The second-order valence-electron chi connectivity index (χ2n) is 7.88. The van der Waals surface area contributed by atoms with E-state index in [1.807, 2.05) is 17.6 Å². The number of para-hydroxylation sites is 1. The molecular formula is C25H28FN3O. The van der Waals surface area contributed by atoms with Gasteiger partial charge in [-0.25, -0.2) is 4.39 Å². The van der Waals surface area contributed by atoms with Crippen LogP contribution >= 0.6 is 0 Å². The first-order chi connectivity index (χ1) is 14.7. The summed E-state index contributed by atoms with van der Waals surface area (Å²) in [6.45, 7) is 3.67. The Balaban J connectivity index is 1.42. The number of aromatic amines is 1. The number of benzene rings is 2. The van der Waals surface area contributed by atoms with Crippen molar-refractivity contribution in [2.75, 3.05) is 6.54 Å². The molecule has 0 aliphatic carbocycles. The van der Waals surface area contributed by atoms with E-state index in [-0.39, 0.29) is 5.70 Å². The molecule has 30 heavy (non-hydrogen) atoms. The van der Waals surface area contributed by atoms with Gasteiger partial charge in [0.1, 0.15) is 5.83 Å². The molecule has 0 amide bonds. The molecule has 5 heteroatoms. The van der Waals surface area contributed by atoms with Gasteiger partial charge in [0.25, 0.3) is 0 Å². The zero-order valence-electron chi connectivity index (χ0n) is 17.2. The van der Waals surface area contributed by atoms with Crippen LogP contribution in [0, 0.1) is 0 Å². The highest BCUT2D eigenvalue weighted by atomic mass is 19.1. The van der Waals surface area contributed by atoms with E-state index >= 15 is 0 Å². The maximum atomic E-state index is 14.1. The predicted molar refractivity (Wildman–Crippen MR) is 120 cm³/mol. The molecule has 0 spiro atoms. The Morgan fingerprint density at radius 3 is 2.80 bits per heavy atom. The lowest BCUT2D eigenvalue weighted by molar-refractivity contribution is 0.199. The molecule has 4 rings (SSSR count). The lowest BCUT2D eigenvalue weighted by atomic mass is 10.0. The van der Waals surface area contributed by atoms with Crippen LogP contribution in [0.1, 0.15) is 36.5 Å². The Bertz CT molecular complexity index is 1050. The summed E-state index contributed by atoms with van der Waals surface area (Å²) >= 11 is 0. The number of nitrogens with zero attached hydrogens (tertiary/aromatic N) is 1. The van der Waals surface area contributed by atoms with Crippen LogP contribution in [0.2, 0.25) is 0 Å². The number of hydrogen-bond acceptors (Lipinski definition) is 3. The van der Waals surface area contributed by atoms with Crippen molar-refractivity contribution in [1.82, 2.24) is 15.4 Å². The number of nitrogens with one attached hydrogen (secondary N) is 2. The van der Waals surface area contributed by atoms with Crippen molar-refractivity contribution in [3.8, 4) is 0 Å². The van der Waals surface area contributed by atoms with Crippen LogP contribution in [-0.2, 0) is 13.0 Å². The third kappa shape index (κ3) is 4.48. The van der Waals surface area contributed by atoms with E-state index in [2.05, 4.69) is 52.5 Å². The third-order valence-corrected chi connectivity index (χ3v) is 5.95. The average molecular weight is 406 g/mol. The second kappa shape index (κ2) is 9.28. The highest BCUT2D eigenvalue weighted by Gasteiger charge is 2.25. The molecule has 0 radical (unpaired) electrons. The van der Waals surface area contributed by atoms with Gasteiger partial charge < -0.3 is 4.98 Å². The minimum absolute atomic E-state index is 0.0660. The summed E-state index contributed by atoms with van der Waals surface area (Å²) in [5.74, 6) is -0.494. The highest BCUT2D eigenvalue weighted by Crippen LogP contribution is 2.27. The molecule has 0 bridgehead atoms. The fraction of sp³-hybridized carbons (Fsp3) is 0.280. The van der Waals surface area contributed by atoms with Gasteiger partial charge in [-0.3, -0.25) is 15.6 Å². The first kappa shape index (κ1) is 20.4. The van der Waals surface area contributed by atoms with E-state index in [4.69, 9.17) is 5.21 Å². The van der Waals surface area contributed by atoms with E-state index in [0.717, 1.165) is 25.1 Å². The molecule has 3 aromatic rings. The third-order valence-electron chi connectivity index (χ3n) is 5.95. The molecule has 1 aliphatic heterocycles. The average Bonchev–Trinajstić information content (AvgIpc) is 3.38. The highest BCUT2D eigenvalue weighted by molar-refractivity contribution is 5.83. The maximum Gasteiger partial charge on any atom is 0.148 e. The number of rotatable bonds is 7. The molecule has 2 aromatic carbocycles. The first-order valence-corrected chi connectivity index (χ1v) is 10.5. The lowest BCUT2D eigenvalue weighted by Crippen LogP contribution is -2.30. The number of allylic oxidation sites excluding steroid dienone is 2. The van der Waals surface area contributed by atoms with Gasteiger partial charge in [0.2, 0.25) is 0 Å². The topological polar surface area (TPSA) is 51.3 Å². The van der Waals surface area contributed by atoms with Gasteiger partial charge in [-0.05, 0) is 61.6 Å². The van der Waals surface area contributed by atoms with Crippen LogP contribution in [0.5, 0.6) is 0 Å². The number of fused-ring (bicyclic) bond motifs is 1. The number of hydrogen-bond donors (Lipinski definition) is 3. The summed E-state index contributed by atoms with van der Waals surface area (Å²) in [4.78, 5) is 5.94. The summed E-state index contributed by atoms with van der Waals surface area (Å²) in [6, 6.07) is 17.0. The number of aromatic nitrogens is 1. The van der Waals surface area contributed by atoms with E-state index in [1.165, 1.54) is 47.0 Å². The van der Waals surface area contributed by atoms with Crippen LogP contribution in [0.25, 0.3) is 17.0 Å². The van der Waals surface area contributed by atoms with Gasteiger partial charge in [-0.2, -0.15) is 0 Å². The van der Waals surface area contributed by atoms with Crippen molar-refractivity contribution < 1.29 is 9.60 Å². The molecular weight excluding hydrogens is 377 g/mol. The zero-order valence-corrected chi connectivity index (χ0v) is 17.2. The van der Waals surface area contributed by atoms with Gasteiger partial charge in [-0.1, -0.05) is 48.5 Å². The number of likely N-dealkylation sites (tertiary alicyclic amines) is 1. The van der Waals surface area contributed by atoms with Crippen molar-refractivity contribution >= 4 is 17.0 Å². The van der Waals surface area contributed by atoms with Gasteiger partial charge >= 0.3 is 0 Å². The monoisotopic (exact) mass is 405 g/mol. The van der Waals surface area contributed by atoms with Gasteiger partial charge in [0, 0.05) is 29.7 Å². The fourth-order valence-corrected chi connectivity index (χ4v) is 4.32. The summed E-state index contributed by atoms with van der Waals surface area (Å²) in [5, 5.41) is 10.3. The largest absolute Gasteiger partial charge is 0.361 e. The molecule has 1 aromatic heterocycles. The minimum atomic E-state index is -0.494. The maximum absolute atomic E-state index is 14.1. The molecule has 3 N–H and O–H groups in total. The Labute approximate surface area is 176 Å². The summed E-state index contributed by atoms with van der Waals surface area (Å²) in [5.41, 5.74) is 6.52. The molecule has 0 saturated carbocycles. The minimum Gasteiger partial charge on any atom is -0.361 e. The number of H-pyrrole nitrogens is 1. The Morgan fingerprint density at radius 1 is 1.23 bits per heavy atom. The molecule has 1 fully saturated rings. The van der Waals surface area contributed by atoms with Crippen molar-refractivity contribution in [1.29, 1.82) is 0 Å². The molecule has 1 aliphatic rings. The molecule has 1 saturated heterocycles. The Morgan fingerprint density at radius 2 is 2.03 bits per heavy atom. The lowest BCUT2D eigenvalue weighted by Gasteiger charge is -2.24. The van der Waals surface area contributed by atoms with Crippen LogP contribution in [-0.4, -0.2) is 27.7 Å².